The van der Waals surface area contributed by atoms with Gasteiger partial charge < -0.3 is 9.37 Å². The summed E-state index contributed by atoms with van der Waals surface area (Å²) in [5, 5.41) is 6.30. The van der Waals surface area contributed by atoms with Crippen LogP contribution in [0.2, 0.25) is 0 Å². The van der Waals surface area contributed by atoms with Crippen LogP contribution in [0.25, 0.3) is 0 Å². The molecule has 0 unspecified atom stereocenters. The minimum Gasteiger partial charge on any atom is -0.312 e. The molecule has 4 nitrogen and oxygen atoms in total. The van der Waals surface area contributed by atoms with Crippen LogP contribution in [0, 0.1) is 0 Å². The quantitative estimate of drug-likeness (QED) is 0.233. The third-order valence-corrected chi connectivity index (χ3v) is 0.910. The van der Waals surface area contributed by atoms with E-state index in [9.17, 15) is 0 Å². The van der Waals surface area contributed by atoms with Gasteiger partial charge in [0, 0.05) is 0 Å². The first-order valence-electron chi connectivity index (χ1n) is 1.47. The zero-order chi connectivity index (χ0) is 5.70. The molecule has 5 heteroatoms. The summed E-state index contributed by atoms with van der Waals surface area (Å²) in [5.41, 5.74) is 0. The minimum atomic E-state index is 0.447. The summed E-state index contributed by atoms with van der Waals surface area (Å²) >= 11 is 1.88. The van der Waals surface area contributed by atoms with Gasteiger partial charge in [-0.2, -0.15) is 0 Å². The van der Waals surface area contributed by atoms with Gasteiger partial charge in [0.25, 0.3) is 0 Å². The van der Waals surface area contributed by atoms with Crippen molar-refractivity contribution < 1.29 is 0 Å². The second kappa shape index (κ2) is 3.85. The molecule has 0 aromatic heterocycles. The number of hydrogen-bond donors (Lipinski definition) is 2. The summed E-state index contributed by atoms with van der Waals surface area (Å²) < 4.78 is 2.60. The Hall–Kier alpha value is -0.330. The Bertz CT molecular complexity index is 87.7. The van der Waals surface area contributed by atoms with E-state index < -0.39 is 0 Å². The molecule has 0 radical (unpaired) electrons. The van der Waals surface area contributed by atoms with Crippen LogP contribution in [0.15, 0.2) is 22.7 Å². The summed E-state index contributed by atoms with van der Waals surface area (Å²) in [6.07, 6.45) is 0. The van der Waals surface area contributed by atoms with Gasteiger partial charge in [-0.1, -0.05) is 11.8 Å². The van der Waals surface area contributed by atoms with E-state index in [2.05, 4.69) is 26.3 Å². The molecular weight excluding hydrogens is 207 g/mol. The van der Waals surface area contributed by atoms with Crippen molar-refractivity contribution in [3.8, 4) is 0 Å². The van der Waals surface area contributed by atoms with Gasteiger partial charge in [0.1, 0.15) is 0 Å². The number of nitrogens with two attached hydrogens (primary N) is 1. The van der Waals surface area contributed by atoms with E-state index in [4.69, 9.17) is 0 Å². The lowest BCUT2D eigenvalue weighted by Gasteiger charge is -1.86. The molecule has 0 aliphatic heterocycles. The van der Waals surface area contributed by atoms with Crippen LogP contribution < -0.4 is 9.37 Å². The molecule has 3 N–H and O–H groups in total. The van der Waals surface area contributed by atoms with E-state index >= 15 is 0 Å². The van der Waals surface area contributed by atoms with Gasteiger partial charge in [0.05, 0.1) is 22.9 Å². The van der Waals surface area contributed by atoms with Crippen LogP contribution >= 0.6 is 22.9 Å². The fourth-order valence-corrected chi connectivity index (χ4v) is 0.196. The van der Waals surface area contributed by atoms with Crippen LogP contribution in [-0.4, -0.2) is 0 Å². The number of halogens is 1. The molecular formula is C2H5IN4. The molecule has 0 amide bonds. The van der Waals surface area contributed by atoms with Crippen molar-refractivity contribution >= 4 is 22.9 Å². The van der Waals surface area contributed by atoms with E-state index in [0.29, 0.717) is 5.82 Å². The molecule has 7 heavy (non-hydrogen) atoms. The van der Waals surface area contributed by atoms with Crippen molar-refractivity contribution in [3.63, 3.8) is 0 Å². The average Bonchev–Trinajstić information content (AvgIpc) is 1.68. The van der Waals surface area contributed by atoms with Gasteiger partial charge >= 0.3 is 0 Å². The monoisotopic (exact) mass is 212 g/mol. The second-order valence-electron chi connectivity index (χ2n) is 0.757. The number of hydrogen-bond acceptors (Lipinski definition) is 3. The van der Waals surface area contributed by atoms with Crippen LogP contribution in [-0.2, 0) is 0 Å². The molecule has 0 aromatic rings. The molecule has 0 aromatic carbocycles. The van der Waals surface area contributed by atoms with Crippen molar-refractivity contribution in [2.75, 3.05) is 0 Å². The van der Waals surface area contributed by atoms with Crippen molar-refractivity contribution in [1.29, 1.82) is 0 Å². The molecule has 0 atom stereocenters. The molecule has 0 aliphatic rings. The van der Waals surface area contributed by atoms with E-state index in [1.807, 2.05) is 22.9 Å². The molecule has 0 heterocycles. The SMILES string of the molecule is C=C(N=NN)NI. The first-order chi connectivity index (χ1) is 3.31. The van der Waals surface area contributed by atoms with Crippen molar-refractivity contribution in [2.45, 2.75) is 0 Å². The molecule has 0 rings (SSSR count). The van der Waals surface area contributed by atoms with Crippen LogP contribution in [0.5, 0.6) is 0 Å². The lowest BCUT2D eigenvalue weighted by atomic mass is 10.9. The summed E-state index contributed by atoms with van der Waals surface area (Å²) in [7, 11) is 0. The van der Waals surface area contributed by atoms with E-state index in [1.54, 1.807) is 0 Å². The van der Waals surface area contributed by atoms with E-state index in [1.165, 1.54) is 0 Å². The lowest BCUT2D eigenvalue weighted by Crippen LogP contribution is -1.91. The molecule has 0 bridgehead atoms. The van der Waals surface area contributed by atoms with Gasteiger partial charge in [0.2, 0.25) is 0 Å². The van der Waals surface area contributed by atoms with Crippen molar-refractivity contribution in [3.05, 3.63) is 12.4 Å². The third-order valence-electron chi connectivity index (χ3n) is 0.288. The zero-order valence-electron chi connectivity index (χ0n) is 3.56. The molecule has 0 fully saturated rings. The van der Waals surface area contributed by atoms with Gasteiger partial charge in [-0.3, -0.25) is 0 Å². The fourth-order valence-electron chi connectivity index (χ4n) is 0.0886. The Morgan fingerprint density at radius 1 is 1.86 bits per heavy atom. The predicted octanol–water partition coefficient (Wildman–Crippen LogP) is 0.723. The van der Waals surface area contributed by atoms with Crippen molar-refractivity contribution in [2.24, 2.45) is 16.2 Å². The number of rotatable bonds is 2. The third kappa shape index (κ3) is 3.50. The second-order valence-corrected chi connectivity index (χ2v) is 1.30. The molecule has 0 spiro atoms. The van der Waals surface area contributed by atoms with Crippen LogP contribution in [0.4, 0.5) is 0 Å². The van der Waals surface area contributed by atoms with Gasteiger partial charge in [-0.15, -0.1) is 5.11 Å². The Labute approximate surface area is 55.3 Å². The molecule has 0 saturated carbocycles. The normalized spacial score (nSPS) is 9.29. The van der Waals surface area contributed by atoms with E-state index in [0.717, 1.165) is 0 Å². The Morgan fingerprint density at radius 2 is 2.43 bits per heavy atom. The van der Waals surface area contributed by atoms with Gasteiger partial charge in [-0.25, -0.2) is 0 Å². The summed E-state index contributed by atoms with van der Waals surface area (Å²) in [6.45, 7) is 3.40. The van der Waals surface area contributed by atoms with Crippen LogP contribution in [0.3, 0.4) is 0 Å². The average molecular weight is 212 g/mol. The van der Waals surface area contributed by atoms with Gasteiger partial charge in [0.15, 0.2) is 5.82 Å². The van der Waals surface area contributed by atoms with Crippen molar-refractivity contribution in [1.82, 2.24) is 3.53 Å². The maximum Gasteiger partial charge on any atom is 0.151 e. The van der Waals surface area contributed by atoms with E-state index in [-0.39, 0.29) is 0 Å². The Morgan fingerprint density at radius 3 is 2.57 bits per heavy atom. The Kier molecular flexibility index (Phi) is 3.67. The largest absolute Gasteiger partial charge is 0.312 e. The molecule has 40 valence electrons. The topological polar surface area (TPSA) is 62.8 Å². The highest BCUT2D eigenvalue weighted by atomic mass is 127. The summed E-state index contributed by atoms with van der Waals surface area (Å²) in [6, 6.07) is 0. The highest BCUT2D eigenvalue weighted by Crippen LogP contribution is 1.86. The minimum absolute atomic E-state index is 0.447. The zero-order valence-corrected chi connectivity index (χ0v) is 5.71. The van der Waals surface area contributed by atoms with Crippen LogP contribution in [0.1, 0.15) is 0 Å². The van der Waals surface area contributed by atoms with Gasteiger partial charge in [-0.05, 0) is 0 Å². The lowest BCUT2D eigenvalue weighted by molar-refractivity contribution is 0.982. The Balaban J connectivity index is 3.37. The first-order valence-corrected chi connectivity index (χ1v) is 2.55. The molecule has 0 saturated heterocycles. The number of nitrogens with one attached hydrogen (secondary N) is 1. The maximum atomic E-state index is 4.66. The summed E-state index contributed by atoms with van der Waals surface area (Å²) in [5.74, 6) is 5.11. The molecule has 0 aliphatic carbocycles. The predicted molar refractivity (Wildman–Crippen MR) is 35.3 cm³/mol. The standard InChI is InChI=1S/C2H5IN4/c1-2(5-3)6-7-4/h5H,1H2,(H2,4,6). The first kappa shape index (κ1) is 6.67. The highest BCUT2D eigenvalue weighted by Gasteiger charge is 1.76. The smallest absolute Gasteiger partial charge is 0.151 e. The highest BCUT2D eigenvalue weighted by molar-refractivity contribution is 14.1. The fraction of sp³-hybridized carbons (Fsp3) is 0. The maximum absolute atomic E-state index is 4.66. The summed E-state index contributed by atoms with van der Waals surface area (Å²) in [4.78, 5) is 0. The number of nitrogens with zero attached hydrogens (tertiary/aromatic N) is 2.